The Morgan fingerprint density at radius 2 is 1.83 bits per heavy atom. The summed E-state index contributed by atoms with van der Waals surface area (Å²) >= 11 is 1.10. The molecule has 2 aromatic heterocycles. The second kappa shape index (κ2) is 8.74. The molecular formula is C19H19N3O6S. The van der Waals surface area contributed by atoms with Crippen LogP contribution in [0.5, 0.6) is 5.75 Å². The van der Waals surface area contributed by atoms with Gasteiger partial charge in [0.15, 0.2) is 5.69 Å². The summed E-state index contributed by atoms with van der Waals surface area (Å²) in [4.78, 5) is 37.5. The molecule has 1 amide bonds. The molecule has 29 heavy (non-hydrogen) atoms. The molecule has 2 heterocycles. The third-order valence-corrected chi connectivity index (χ3v) is 4.82. The minimum atomic E-state index is -0.693. The average Bonchev–Trinajstić information content (AvgIpc) is 3.13. The standard InChI is InChI=1S/C19H19N3O6S/c1-4-27-18(24)15-13-10-29-16(20-19(25)28-5-2)14(13)17(23)22(21-15)11-6-8-12(26-3)9-7-11/h6-10H,4-5H2,1-3H3,(H,20,25). The lowest BCUT2D eigenvalue weighted by Gasteiger charge is -2.10. The molecule has 0 atom stereocenters. The van der Waals surface area contributed by atoms with Gasteiger partial charge in [0.25, 0.3) is 5.56 Å². The highest BCUT2D eigenvalue weighted by Gasteiger charge is 2.23. The number of rotatable bonds is 6. The summed E-state index contributed by atoms with van der Waals surface area (Å²) in [7, 11) is 1.53. The van der Waals surface area contributed by atoms with Gasteiger partial charge in [-0.15, -0.1) is 11.3 Å². The van der Waals surface area contributed by atoms with Crippen LogP contribution in [0, 0.1) is 0 Å². The van der Waals surface area contributed by atoms with E-state index in [1.54, 1.807) is 43.5 Å². The number of aromatic nitrogens is 2. The van der Waals surface area contributed by atoms with Gasteiger partial charge in [0.05, 0.1) is 31.4 Å². The predicted octanol–water partition coefficient (Wildman–Crippen LogP) is 3.20. The number of esters is 1. The number of anilines is 1. The van der Waals surface area contributed by atoms with Crippen molar-refractivity contribution >= 4 is 39.2 Å². The first kappa shape index (κ1) is 20.3. The van der Waals surface area contributed by atoms with Crippen molar-refractivity contribution in [3.05, 3.63) is 45.7 Å². The molecule has 0 aliphatic rings. The molecule has 1 N–H and O–H groups in total. The topological polar surface area (TPSA) is 109 Å². The SMILES string of the molecule is CCOC(=O)Nc1scc2c(C(=O)OCC)nn(-c3ccc(OC)cc3)c(=O)c12. The van der Waals surface area contributed by atoms with Crippen molar-refractivity contribution in [2.45, 2.75) is 13.8 Å². The number of carbonyl (C=O) groups excluding carboxylic acids is 2. The highest BCUT2D eigenvalue weighted by atomic mass is 32.1. The number of hydrogen-bond acceptors (Lipinski definition) is 8. The number of benzene rings is 1. The second-order valence-electron chi connectivity index (χ2n) is 5.68. The van der Waals surface area contributed by atoms with Crippen LogP contribution in [-0.4, -0.2) is 42.2 Å². The molecular weight excluding hydrogens is 398 g/mol. The van der Waals surface area contributed by atoms with Crippen LogP contribution in [-0.2, 0) is 9.47 Å². The van der Waals surface area contributed by atoms with Crippen molar-refractivity contribution in [1.29, 1.82) is 0 Å². The lowest BCUT2D eigenvalue weighted by molar-refractivity contribution is 0.0520. The van der Waals surface area contributed by atoms with Gasteiger partial charge in [-0.3, -0.25) is 10.1 Å². The third-order valence-electron chi connectivity index (χ3n) is 3.93. The number of fused-ring (bicyclic) bond motifs is 1. The maximum Gasteiger partial charge on any atom is 0.412 e. The average molecular weight is 417 g/mol. The second-order valence-corrected chi connectivity index (χ2v) is 6.56. The summed E-state index contributed by atoms with van der Waals surface area (Å²) in [5, 5.41) is 9.06. The van der Waals surface area contributed by atoms with Crippen LogP contribution in [0.3, 0.4) is 0 Å². The normalized spacial score (nSPS) is 10.6. The Labute approximate surface area is 169 Å². The van der Waals surface area contributed by atoms with Gasteiger partial charge in [0, 0.05) is 10.8 Å². The van der Waals surface area contributed by atoms with E-state index >= 15 is 0 Å². The van der Waals surface area contributed by atoms with Gasteiger partial charge in [-0.1, -0.05) is 0 Å². The summed E-state index contributed by atoms with van der Waals surface area (Å²) in [6, 6.07) is 6.61. The highest BCUT2D eigenvalue weighted by Crippen LogP contribution is 2.30. The molecule has 9 nitrogen and oxygen atoms in total. The molecule has 1 aromatic carbocycles. The molecule has 0 fully saturated rings. The van der Waals surface area contributed by atoms with Crippen molar-refractivity contribution < 1.29 is 23.8 Å². The molecule has 0 radical (unpaired) electrons. The van der Waals surface area contributed by atoms with Gasteiger partial charge in [0.1, 0.15) is 10.8 Å². The smallest absolute Gasteiger partial charge is 0.412 e. The summed E-state index contributed by atoms with van der Waals surface area (Å²) in [6.07, 6.45) is -0.693. The van der Waals surface area contributed by atoms with Gasteiger partial charge in [-0.2, -0.15) is 9.78 Å². The molecule has 3 rings (SSSR count). The van der Waals surface area contributed by atoms with E-state index in [2.05, 4.69) is 10.4 Å². The van der Waals surface area contributed by atoms with Crippen molar-refractivity contribution in [2.24, 2.45) is 0 Å². The van der Waals surface area contributed by atoms with Gasteiger partial charge in [-0.25, -0.2) is 9.59 Å². The maximum absolute atomic E-state index is 13.2. The van der Waals surface area contributed by atoms with Gasteiger partial charge >= 0.3 is 12.1 Å². The number of hydrogen-bond donors (Lipinski definition) is 1. The Morgan fingerprint density at radius 3 is 2.45 bits per heavy atom. The van der Waals surface area contributed by atoms with Crippen molar-refractivity contribution in [3.8, 4) is 11.4 Å². The number of nitrogens with one attached hydrogen (secondary N) is 1. The quantitative estimate of drug-likeness (QED) is 0.614. The van der Waals surface area contributed by atoms with Crippen LogP contribution in [0.4, 0.5) is 9.80 Å². The van der Waals surface area contributed by atoms with Crippen LogP contribution in [0.25, 0.3) is 16.5 Å². The summed E-state index contributed by atoms with van der Waals surface area (Å²) in [6.45, 7) is 3.68. The van der Waals surface area contributed by atoms with Crippen molar-refractivity contribution in [1.82, 2.24) is 9.78 Å². The number of ether oxygens (including phenoxy) is 3. The lowest BCUT2D eigenvalue weighted by Crippen LogP contribution is -2.25. The van der Waals surface area contributed by atoms with Gasteiger partial charge < -0.3 is 14.2 Å². The molecule has 152 valence electrons. The molecule has 10 heteroatoms. The largest absolute Gasteiger partial charge is 0.497 e. The van der Waals surface area contributed by atoms with E-state index in [1.165, 1.54) is 7.11 Å². The van der Waals surface area contributed by atoms with Crippen LogP contribution < -0.4 is 15.6 Å². The van der Waals surface area contributed by atoms with E-state index < -0.39 is 17.6 Å². The van der Waals surface area contributed by atoms with Crippen molar-refractivity contribution in [3.63, 3.8) is 0 Å². The van der Waals surface area contributed by atoms with E-state index in [4.69, 9.17) is 14.2 Å². The number of carbonyl (C=O) groups is 2. The Bertz CT molecular complexity index is 1100. The first-order chi connectivity index (χ1) is 14.0. The molecule has 0 unspecified atom stereocenters. The van der Waals surface area contributed by atoms with Crippen molar-refractivity contribution in [2.75, 3.05) is 25.6 Å². The lowest BCUT2D eigenvalue weighted by atomic mass is 10.2. The van der Waals surface area contributed by atoms with Crippen LogP contribution in [0.15, 0.2) is 34.4 Å². The minimum absolute atomic E-state index is 0.0228. The number of methoxy groups -OCH3 is 1. The Hall–Kier alpha value is -3.40. The Balaban J connectivity index is 2.22. The van der Waals surface area contributed by atoms with Crippen LogP contribution in [0.2, 0.25) is 0 Å². The molecule has 0 spiro atoms. The van der Waals surface area contributed by atoms with E-state index in [9.17, 15) is 14.4 Å². The zero-order chi connectivity index (χ0) is 21.0. The van der Waals surface area contributed by atoms with E-state index in [0.29, 0.717) is 16.8 Å². The minimum Gasteiger partial charge on any atom is -0.497 e. The maximum atomic E-state index is 13.2. The summed E-state index contributed by atoms with van der Waals surface area (Å²) in [5.74, 6) is -0.0612. The molecule has 0 aliphatic carbocycles. The first-order valence-corrected chi connectivity index (χ1v) is 9.67. The van der Waals surface area contributed by atoms with Crippen LogP contribution >= 0.6 is 11.3 Å². The fraction of sp³-hybridized carbons (Fsp3) is 0.263. The predicted molar refractivity (Wildman–Crippen MR) is 108 cm³/mol. The monoisotopic (exact) mass is 417 g/mol. The Kier molecular flexibility index (Phi) is 6.13. The Morgan fingerprint density at radius 1 is 1.14 bits per heavy atom. The first-order valence-electron chi connectivity index (χ1n) is 8.80. The van der Waals surface area contributed by atoms with Gasteiger partial charge in [0.2, 0.25) is 0 Å². The van der Waals surface area contributed by atoms with Crippen LogP contribution in [0.1, 0.15) is 24.3 Å². The molecule has 0 aliphatic heterocycles. The number of thiophene rings is 1. The molecule has 0 bridgehead atoms. The fourth-order valence-corrected chi connectivity index (χ4v) is 3.57. The number of nitrogens with zero attached hydrogens (tertiary/aromatic N) is 2. The molecule has 0 saturated heterocycles. The summed E-state index contributed by atoms with van der Waals surface area (Å²) < 4.78 is 16.2. The van der Waals surface area contributed by atoms with E-state index in [0.717, 1.165) is 16.0 Å². The highest BCUT2D eigenvalue weighted by molar-refractivity contribution is 7.16. The van der Waals surface area contributed by atoms with E-state index in [1.807, 2.05) is 0 Å². The summed E-state index contributed by atoms with van der Waals surface area (Å²) in [5.41, 5.74) is -0.0896. The number of amides is 1. The van der Waals surface area contributed by atoms with E-state index in [-0.39, 0.29) is 29.3 Å². The zero-order valence-electron chi connectivity index (χ0n) is 16.1. The van der Waals surface area contributed by atoms with Gasteiger partial charge in [-0.05, 0) is 38.1 Å². The zero-order valence-corrected chi connectivity index (χ0v) is 16.9. The third kappa shape index (κ3) is 4.06. The molecule has 3 aromatic rings. The molecule has 0 saturated carbocycles. The fourth-order valence-electron chi connectivity index (χ4n) is 2.65.